The summed E-state index contributed by atoms with van der Waals surface area (Å²) in [4.78, 5) is 14.1. The van der Waals surface area contributed by atoms with Crippen LogP contribution in [0.2, 0.25) is 5.02 Å². The third-order valence-corrected chi connectivity index (χ3v) is 6.85. The van der Waals surface area contributed by atoms with Crippen molar-refractivity contribution in [3.8, 4) is 11.5 Å². The zero-order chi connectivity index (χ0) is 26.3. The molecule has 0 spiro atoms. The van der Waals surface area contributed by atoms with Gasteiger partial charge >= 0.3 is 0 Å². The zero-order valence-corrected chi connectivity index (χ0v) is 22.3. The molecule has 2 aliphatic rings. The number of anilines is 3. The largest absolute Gasteiger partial charge is 0.490 e. The molecule has 0 amide bonds. The third-order valence-electron chi connectivity index (χ3n) is 6.57. The van der Waals surface area contributed by atoms with Crippen LogP contribution in [0, 0.1) is 5.82 Å². The lowest BCUT2D eigenvalue weighted by atomic mass is 10.2. The Morgan fingerprint density at radius 2 is 1.74 bits per heavy atom. The van der Waals surface area contributed by atoms with E-state index in [1.54, 1.807) is 36.5 Å². The Morgan fingerprint density at radius 1 is 1.00 bits per heavy atom. The standard InChI is InChI=1S/C28H32ClFN6O2/c1-2-37-24-16-20(15-22(29)27(24)38-19-21-9-3-4-10-23(21)30)18-31-34-25-17-26(35-11-5-6-12-35)33-28(32-25)36-13-7-8-14-36/h3-4,9-10,15-18H,2,5-8,11-14,19H2,1H3,(H,32,33,34)/b31-18-. The van der Waals surface area contributed by atoms with Crippen molar-refractivity contribution >= 4 is 35.4 Å². The first-order valence-corrected chi connectivity index (χ1v) is 13.5. The molecule has 38 heavy (non-hydrogen) atoms. The monoisotopic (exact) mass is 538 g/mol. The highest BCUT2D eigenvalue weighted by Crippen LogP contribution is 2.37. The summed E-state index contributed by atoms with van der Waals surface area (Å²) < 4.78 is 25.7. The van der Waals surface area contributed by atoms with Crippen molar-refractivity contribution in [2.24, 2.45) is 5.10 Å². The first kappa shape index (κ1) is 26.0. The minimum Gasteiger partial charge on any atom is -0.490 e. The normalized spacial score (nSPS) is 15.4. The van der Waals surface area contributed by atoms with Crippen molar-refractivity contribution < 1.29 is 13.9 Å². The third kappa shape index (κ3) is 6.27. The van der Waals surface area contributed by atoms with Crippen molar-refractivity contribution in [2.45, 2.75) is 39.2 Å². The average Bonchev–Trinajstić information content (AvgIpc) is 3.64. The molecule has 0 bridgehead atoms. The van der Waals surface area contributed by atoms with Crippen LogP contribution in [0.15, 0.2) is 47.6 Å². The number of hydrogen-bond acceptors (Lipinski definition) is 8. The Labute approximate surface area is 227 Å². The molecule has 1 N–H and O–H groups in total. The highest BCUT2D eigenvalue weighted by atomic mass is 35.5. The second-order valence-corrected chi connectivity index (χ2v) is 9.72. The van der Waals surface area contributed by atoms with Gasteiger partial charge in [0.25, 0.3) is 0 Å². The second kappa shape index (κ2) is 12.3. The molecule has 0 atom stereocenters. The van der Waals surface area contributed by atoms with E-state index in [2.05, 4.69) is 20.3 Å². The van der Waals surface area contributed by atoms with Gasteiger partial charge in [0, 0.05) is 37.8 Å². The summed E-state index contributed by atoms with van der Waals surface area (Å²) in [6.45, 7) is 6.28. The van der Waals surface area contributed by atoms with Crippen LogP contribution >= 0.6 is 11.6 Å². The highest BCUT2D eigenvalue weighted by molar-refractivity contribution is 6.32. The van der Waals surface area contributed by atoms with Crippen LogP contribution in [0.4, 0.5) is 22.0 Å². The van der Waals surface area contributed by atoms with Crippen molar-refractivity contribution in [1.29, 1.82) is 0 Å². The fraction of sp³-hybridized carbons (Fsp3) is 0.393. The van der Waals surface area contributed by atoms with Gasteiger partial charge in [-0.2, -0.15) is 15.1 Å². The SMILES string of the molecule is CCOc1cc(/C=N\Nc2cc(N3CCCC3)nc(N3CCCC3)n2)cc(Cl)c1OCc1ccccc1F. The predicted molar refractivity (Wildman–Crippen MR) is 149 cm³/mol. The molecule has 3 aromatic rings. The van der Waals surface area contributed by atoms with E-state index in [4.69, 9.17) is 31.0 Å². The van der Waals surface area contributed by atoms with Gasteiger partial charge in [0.15, 0.2) is 17.3 Å². The van der Waals surface area contributed by atoms with Crippen molar-refractivity contribution in [3.63, 3.8) is 0 Å². The maximum absolute atomic E-state index is 14.0. The van der Waals surface area contributed by atoms with E-state index in [1.807, 2.05) is 13.0 Å². The molecule has 2 saturated heterocycles. The van der Waals surface area contributed by atoms with Gasteiger partial charge in [-0.25, -0.2) is 4.39 Å². The number of halogens is 2. The highest BCUT2D eigenvalue weighted by Gasteiger charge is 2.20. The zero-order valence-electron chi connectivity index (χ0n) is 21.5. The molecule has 2 aromatic carbocycles. The first-order valence-electron chi connectivity index (χ1n) is 13.1. The van der Waals surface area contributed by atoms with Crippen LogP contribution < -0.4 is 24.7 Å². The molecule has 0 unspecified atom stereocenters. The summed E-state index contributed by atoms with van der Waals surface area (Å²) in [5.74, 6) is 2.80. The number of benzene rings is 2. The van der Waals surface area contributed by atoms with E-state index in [9.17, 15) is 4.39 Å². The Hall–Kier alpha value is -3.59. The van der Waals surface area contributed by atoms with Gasteiger partial charge in [-0.1, -0.05) is 29.8 Å². The smallest absolute Gasteiger partial charge is 0.229 e. The molecule has 0 radical (unpaired) electrons. The number of hydrogen-bond donors (Lipinski definition) is 1. The van der Waals surface area contributed by atoms with Crippen LogP contribution in [0.3, 0.4) is 0 Å². The van der Waals surface area contributed by atoms with Crippen molar-refractivity contribution in [1.82, 2.24) is 9.97 Å². The van der Waals surface area contributed by atoms with Crippen LogP contribution in [-0.2, 0) is 6.61 Å². The van der Waals surface area contributed by atoms with Gasteiger partial charge in [-0.3, -0.25) is 5.43 Å². The lowest BCUT2D eigenvalue weighted by Crippen LogP contribution is -2.24. The molecular weight excluding hydrogens is 507 g/mol. The molecule has 0 aliphatic carbocycles. The molecule has 0 saturated carbocycles. The lowest BCUT2D eigenvalue weighted by Gasteiger charge is -2.21. The molecule has 200 valence electrons. The Bertz CT molecular complexity index is 1240. The summed E-state index contributed by atoms with van der Waals surface area (Å²) >= 11 is 6.55. The van der Waals surface area contributed by atoms with Gasteiger partial charge in [0.1, 0.15) is 18.2 Å². The quantitative estimate of drug-likeness (QED) is 0.255. The maximum Gasteiger partial charge on any atom is 0.229 e. The van der Waals surface area contributed by atoms with Gasteiger partial charge in [0.05, 0.1) is 17.8 Å². The summed E-state index contributed by atoms with van der Waals surface area (Å²) in [5.41, 5.74) is 4.22. The van der Waals surface area contributed by atoms with Gasteiger partial charge in [-0.15, -0.1) is 0 Å². The predicted octanol–water partition coefficient (Wildman–Crippen LogP) is 5.89. The average molecular weight is 539 g/mol. The maximum atomic E-state index is 14.0. The lowest BCUT2D eigenvalue weighted by molar-refractivity contribution is 0.266. The molecule has 5 rings (SSSR count). The summed E-state index contributed by atoms with van der Waals surface area (Å²) in [5, 5.41) is 4.77. The summed E-state index contributed by atoms with van der Waals surface area (Å²) in [6.07, 6.45) is 6.31. The number of ether oxygens (including phenoxy) is 2. The van der Waals surface area contributed by atoms with E-state index < -0.39 is 0 Å². The van der Waals surface area contributed by atoms with Crippen LogP contribution in [0.1, 0.15) is 43.7 Å². The number of nitrogens with one attached hydrogen (secondary N) is 1. The van der Waals surface area contributed by atoms with Crippen molar-refractivity contribution in [2.75, 3.05) is 48.0 Å². The number of nitrogens with zero attached hydrogens (tertiary/aromatic N) is 5. The van der Waals surface area contributed by atoms with E-state index in [-0.39, 0.29) is 12.4 Å². The van der Waals surface area contributed by atoms with Gasteiger partial charge in [-0.05, 0) is 56.4 Å². The van der Waals surface area contributed by atoms with Gasteiger partial charge in [0.2, 0.25) is 5.95 Å². The molecule has 3 heterocycles. The molecule has 2 aliphatic heterocycles. The Morgan fingerprint density at radius 3 is 2.47 bits per heavy atom. The molecule has 2 fully saturated rings. The van der Waals surface area contributed by atoms with E-state index in [0.717, 1.165) is 56.4 Å². The topological polar surface area (TPSA) is 75.1 Å². The number of rotatable bonds is 10. The van der Waals surface area contributed by atoms with Crippen molar-refractivity contribution in [3.05, 3.63) is 64.4 Å². The second-order valence-electron chi connectivity index (χ2n) is 9.31. The van der Waals surface area contributed by atoms with Crippen LogP contribution in [0.25, 0.3) is 0 Å². The first-order chi connectivity index (χ1) is 18.6. The van der Waals surface area contributed by atoms with E-state index in [1.165, 1.54) is 18.9 Å². The number of hydrazone groups is 1. The van der Waals surface area contributed by atoms with Gasteiger partial charge < -0.3 is 19.3 Å². The summed E-state index contributed by atoms with van der Waals surface area (Å²) in [7, 11) is 0. The molecular formula is C28H32ClFN6O2. The van der Waals surface area contributed by atoms with E-state index >= 15 is 0 Å². The molecule has 1 aromatic heterocycles. The fourth-order valence-electron chi connectivity index (χ4n) is 4.65. The fourth-order valence-corrected chi connectivity index (χ4v) is 4.92. The number of aromatic nitrogens is 2. The molecule has 8 nitrogen and oxygen atoms in total. The minimum atomic E-state index is -0.332. The Balaban J connectivity index is 1.33. The molecule has 10 heteroatoms. The van der Waals surface area contributed by atoms with E-state index in [0.29, 0.717) is 34.5 Å². The van der Waals surface area contributed by atoms with Crippen LogP contribution in [-0.4, -0.2) is 49.0 Å². The van der Waals surface area contributed by atoms with Crippen LogP contribution in [0.5, 0.6) is 11.5 Å². The Kier molecular flexibility index (Phi) is 8.43. The minimum absolute atomic E-state index is 0.0356. The summed E-state index contributed by atoms with van der Waals surface area (Å²) in [6, 6.07) is 11.9.